The van der Waals surface area contributed by atoms with Crippen LogP contribution in [0.4, 0.5) is 0 Å². The quantitative estimate of drug-likeness (QED) is 0.585. The van der Waals surface area contributed by atoms with Crippen LogP contribution in [0, 0.1) is 0 Å². The van der Waals surface area contributed by atoms with Crippen LogP contribution in [0.2, 0.25) is 0 Å². The molecule has 0 radical (unpaired) electrons. The molecule has 0 saturated heterocycles. The van der Waals surface area contributed by atoms with Crippen molar-refractivity contribution in [2.24, 2.45) is 12.0 Å². The Hall–Kier alpha value is -1.56. The van der Waals surface area contributed by atoms with Crippen LogP contribution in [0.5, 0.6) is 0 Å². The first-order chi connectivity index (χ1) is 9.08. The smallest absolute Gasteiger partial charge is 0.191 e. The summed E-state index contributed by atoms with van der Waals surface area (Å²) in [5.74, 6) is 0.862. The van der Waals surface area contributed by atoms with Gasteiger partial charge in [-0.15, -0.1) is 0 Å². The van der Waals surface area contributed by atoms with Gasteiger partial charge in [0.1, 0.15) is 0 Å². The molecule has 1 atom stereocenters. The average molecular weight is 266 g/mol. The minimum atomic E-state index is 0.237. The van der Waals surface area contributed by atoms with Crippen LogP contribution >= 0.6 is 0 Å². The first kappa shape index (κ1) is 15.5. The van der Waals surface area contributed by atoms with E-state index in [2.05, 4.69) is 53.6 Å². The predicted molar refractivity (Wildman–Crippen MR) is 79.3 cm³/mol. The van der Waals surface area contributed by atoms with Crippen molar-refractivity contribution in [2.45, 2.75) is 19.9 Å². The van der Waals surface area contributed by atoms with Gasteiger partial charge in [-0.25, -0.2) is 0 Å². The van der Waals surface area contributed by atoms with E-state index in [4.69, 9.17) is 0 Å². The number of nitrogens with one attached hydrogen (secondary N) is 2. The summed E-state index contributed by atoms with van der Waals surface area (Å²) in [6.07, 6.45) is 3.95. The minimum Gasteiger partial charge on any atom is -0.357 e. The summed E-state index contributed by atoms with van der Waals surface area (Å²) in [5.41, 5.74) is 1.18. The molecule has 0 fully saturated rings. The summed E-state index contributed by atoms with van der Waals surface area (Å²) in [4.78, 5) is 6.79. The first-order valence-corrected chi connectivity index (χ1v) is 6.75. The number of rotatable bonds is 6. The van der Waals surface area contributed by atoms with Crippen molar-refractivity contribution in [3.05, 3.63) is 18.0 Å². The average Bonchev–Trinajstić information content (AvgIpc) is 2.76. The molecule has 0 aliphatic rings. The molecular formula is C13H26N6. The lowest BCUT2D eigenvalue weighted by atomic mass is 10.1. The van der Waals surface area contributed by atoms with Gasteiger partial charge in [0.15, 0.2) is 5.96 Å². The van der Waals surface area contributed by atoms with Crippen LogP contribution in [0.15, 0.2) is 17.4 Å². The lowest BCUT2D eigenvalue weighted by Crippen LogP contribution is -2.37. The Kier molecular flexibility index (Phi) is 6.35. The number of nitrogens with zero attached hydrogens (tertiary/aromatic N) is 4. The Labute approximate surface area is 115 Å². The maximum absolute atomic E-state index is 4.63. The van der Waals surface area contributed by atoms with E-state index in [1.54, 1.807) is 0 Å². The third-order valence-corrected chi connectivity index (χ3v) is 2.84. The van der Waals surface area contributed by atoms with E-state index in [0.29, 0.717) is 6.54 Å². The zero-order chi connectivity index (χ0) is 14.3. The standard InChI is InChI=1S/C13H26N6/c1-6-14-13(15-7-2)16-9-12(18(3)4)11-8-17-19(5)10-11/h8,10,12H,6-7,9H2,1-5H3,(H2,14,15,16)/t12-/m1/s1. The van der Waals surface area contributed by atoms with E-state index in [0.717, 1.165) is 19.0 Å². The highest BCUT2D eigenvalue weighted by molar-refractivity contribution is 5.79. The molecule has 1 heterocycles. The summed E-state index contributed by atoms with van der Waals surface area (Å²) < 4.78 is 1.82. The number of aromatic nitrogens is 2. The summed E-state index contributed by atoms with van der Waals surface area (Å²) in [5, 5.41) is 10.7. The van der Waals surface area contributed by atoms with Crippen LogP contribution in [0.3, 0.4) is 0 Å². The molecule has 1 rings (SSSR count). The van der Waals surface area contributed by atoms with Crippen molar-refractivity contribution in [1.29, 1.82) is 0 Å². The second-order valence-corrected chi connectivity index (χ2v) is 4.68. The Morgan fingerprint density at radius 1 is 1.37 bits per heavy atom. The van der Waals surface area contributed by atoms with Gasteiger partial charge in [-0.05, 0) is 27.9 Å². The third-order valence-electron chi connectivity index (χ3n) is 2.84. The van der Waals surface area contributed by atoms with Crippen LogP contribution in [0.25, 0.3) is 0 Å². The largest absolute Gasteiger partial charge is 0.357 e. The van der Waals surface area contributed by atoms with Gasteiger partial charge in [-0.2, -0.15) is 5.10 Å². The van der Waals surface area contributed by atoms with E-state index in [1.165, 1.54) is 5.56 Å². The number of hydrogen-bond acceptors (Lipinski definition) is 3. The summed E-state index contributed by atoms with van der Waals surface area (Å²) in [6, 6.07) is 0.237. The van der Waals surface area contributed by atoms with E-state index < -0.39 is 0 Å². The van der Waals surface area contributed by atoms with Gasteiger partial charge in [0.25, 0.3) is 0 Å². The summed E-state index contributed by atoms with van der Waals surface area (Å²) in [7, 11) is 6.06. The highest BCUT2D eigenvalue weighted by atomic mass is 15.2. The minimum absolute atomic E-state index is 0.237. The molecule has 1 aromatic rings. The molecule has 2 N–H and O–H groups in total. The Morgan fingerprint density at radius 2 is 2.00 bits per heavy atom. The zero-order valence-electron chi connectivity index (χ0n) is 12.6. The van der Waals surface area contributed by atoms with E-state index >= 15 is 0 Å². The lowest BCUT2D eigenvalue weighted by molar-refractivity contribution is 0.306. The third kappa shape index (κ3) is 4.90. The Morgan fingerprint density at radius 3 is 2.42 bits per heavy atom. The van der Waals surface area contributed by atoms with Crippen molar-refractivity contribution in [3.63, 3.8) is 0 Å². The van der Waals surface area contributed by atoms with Gasteiger partial charge in [0.05, 0.1) is 18.8 Å². The van der Waals surface area contributed by atoms with Crippen LogP contribution < -0.4 is 10.6 Å². The molecule has 6 heteroatoms. The maximum atomic E-state index is 4.63. The highest BCUT2D eigenvalue weighted by Gasteiger charge is 2.15. The van der Waals surface area contributed by atoms with Gasteiger partial charge >= 0.3 is 0 Å². The van der Waals surface area contributed by atoms with E-state index in [-0.39, 0.29) is 6.04 Å². The zero-order valence-corrected chi connectivity index (χ0v) is 12.6. The molecule has 0 aliphatic heterocycles. The van der Waals surface area contributed by atoms with Crippen molar-refractivity contribution >= 4 is 5.96 Å². The molecule has 0 amide bonds. The van der Waals surface area contributed by atoms with Gasteiger partial charge in [0, 0.05) is 31.9 Å². The second-order valence-electron chi connectivity index (χ2n) is 4.68. The van der Waals surface area contributed by atoms with Gasteiger partial charge in [0.2, 0.25) is 0 Å². The van der Waals surface area contributed by atoms with Gasteiger partial charge < -0.3 is 15.5 Å². The molecule has 0 bridgehead atoms. The Bertz CT molecular complexity index is 388. The van der Waals surface area contributed by atoms with Crippen molar-refractivity contribution < 1.29 is 0 Å². The molecule has 0 unspecified atom stereocenters. The van der Waals surface area contributed by atoms with Crippen molar-refractivity contribution in [1.82, 2.24) is 25.3 Å². The molecule has 0 spiro atoms. The fourth-order valence-corrected chi connectivity index (χ4v) is 1.87. The van der Waals surface area contributed by atoms with E-state index in [9.17, 15) is 0 Å². The number of hydrogen-bond donors (Lipinski definition) is 2. The molecule has 0 aromatic carbocycles. The number of aryl methyl sites for hydroxylation is 1. The molecule has 108 valence electrons. The fraction of sp³-hybridized carbons (Fsp3) is 0.692. The first-order valence-electron chi connectivity index (χ1n) is 6.75. The normalized spacial score (nSPS) is 12.3. The number of likely N-dealkylation sites (N-methyl/N-ethyl adjacent to an activating group) is 1. The summed E-state index contributed by atoms with van der Waals surface area (Å²) >= 11 is 0. The van der Waals surface area contributed by atoms with Crippen LogP contribution in [-0.2, 0) is 7.05 Å². The van der Waals surface area contributed by atoms with Gasteiger partial charge in [-0.3, -0.25) is 9.67 Å². The van der Waals surface area contributed by atoms with Crippen LogP contribution in [-0.4, -0.2) is 54.4 Å². The molecule has 6 nitrogen and oxygen atoms in total. The van der Waals surface area contributed by atoms with E-state index in [1.807, 2.05) is 24.1 Å². The van der Waals surface area contributed by atoms with Gasteiger partial charge in [-0.1, -0.05) is 0 Å². The molecular weight excluding hydrogens is 240 g/mol. The maximum Gasteiger partial charge on any atom is 0.191 e. The molecule has 0 saturated carbocycles. The second kappa shape index (κ2) is 7.78. The Balaban J connectivity index is 2.75. The molecule has 19 heavy (non-hydrogen) atoms. The number of aliphatic imine (C=N–C) groups is 1. The topological polar surface area (TPSA) is 57.5 Å². The SMILES string of the molecule is CCNC(=NC[C@H](c1cnn(C)c1)N(C)C)NCC. The summed E-state index contributed by atoms with van der Waals surface area (Å²) in [6.45, 7) is 6.57. The molecule has 0 aliphatic carbocycles. The van der Waals surface area contributed by atoms with Crippen molar-refractivity contribution in [3.8, 4) is 0 Å². The predicted octanol–water partition coefficient (Wildman–Crippen LogP) is 0.598. The molecule has 1 aromatic heterocycles. The van der Waals surface area contributed by atoms with Crippen LogP contribution in [0.1, 0.15) is 25.5 Å². The number of guanidine groups is 1. The lowest BCUT2D eigenvalue weighted by Gasteiger charge is -2.22. The monoisotopic (exact) mass is 266 g/mol. The highest BCUT2D eigenvalue weighted by Crippen LogP contribution is 2.17. The fourth-order valence-electron chi connectivity index (χ4n) is 1.87. The van der Waals surface area contributed by atoms with Crippen molar-refractivity contribution in [2.75, 3.05) is 33.7 Å².